The van der Waals surface area contributed by atoms with Crippen molar-refractivity contribution in [1.29, 1.82) is 0 Å². The maximum Gasteiger partial charge on any atom is 0.152 e. The number of nitrogens with zero attached hydrogens (tertiary/aromatic N) is 3. The standard InChI is InChI=1S/C5H12N2.C5H11NO.C5H11NS.C4H9NO2S.C2H6/c1-7-4-2-6-3-5-7;2*1-6-2-4-7-5-3-6;6-8(7)3-1-5-2-4-8;1-2/h6H,2-5H2,1H3;2*2-5H2,1H3;5H,1-4H2;1-2H3. The smallest absolute Gasteiger partial charge is 0.152 e. The molecule has 4 heterocycles. The maximum atomic E-state index is 10.6. The predicted molar refractivity (Wildman–Crippen MR) is 136 cm³/mol. The molecular weight excluding hydrogens is 434 g/mol. The van der Waals surface area contributed by atoms with E-state index in [9.17, 15) is 8.42 Å². The summed E-state index contributed by atoms with van der Waals surface area (Å²) in [6, 6.07) is 0. The van der Waals surface area contributed by atoms with Gasteiger partial charge in [0.05, 0.1) is 24.7 Å². The van der Waals surface area contributed by atoms with Crippen LogP contribution in [-0.4, -0.2) is 146 Å². The Kier molecular flexibility index (Phi) is 20.7. The van der Waals surface area contributed by atoms with Gasteiger partial charge >= 0.3 is 0 Å². The summed E-state index contributed by atoms with van der Waals surface area (Å²) in [4.78, 5) is 6.97. The highest BCUT2D eigenvalue weighted by Crippen LogP contribution is 2.05. The van der Waals surface area contributed by atoms with Crippen LogP contribution in [0.2, 0.25) is 0 Å². The summed E-state index contributed by atoms with van der Waals surface area (Å²) in [5.74, 6) is 3.28. The highest BCUT2D eigenvalue weighted by Gasteiger charge is 2.13. The maximum absolute atomic E-state index is 10.6. The molecule has 0 atom stereocenters. The van der Waals surface area contributed by atoms with E-state index in [-0.39, 0.29) is 0 Å². The van der Waals surface area contributed by atoms with Gasteiger partial charge in [0, 0.05) is 77.0 Å². The van der Waals surface area contributed by atoms with Crippen LogP contribution in [0.3, 0.4) is 0 Å². The molecule has 0 radical (unpaired) electrons. The summed E-state index contributed by atoms with van der Waals surface area (Å²) in [7, 11) is 3.80. The average Bonchev–Trinajstić information content (AvgIpc) is 2.78. The van der Waals surface area contributed by atoms with Crippen molar-refractivity contribution in [3.8, 4) is 0 Å². The van der Waals surface area contributed by atoms with E-state index in [0.29, 0.717) is 24.6 Å². The lowest BCUT2D eigenvalue weighted by Gasteiger charge is -2.21. The summed E-state index contributed by atoms with van der Waals surface area (Å²) in [5, 5.41) is 6.23. The molecule has 0 aromatic rings. The van der Waals surface area contributed by atoms with Crippen LogP contribution in [0.4, 0.5) is 0 Å². The van der Waals surface area contributed by atoms with Gasteiger partial charge in [-0.15, -0.1) is 0 Å². The highest BCUT2D eigenvalue weighted by atomic mass is 32.2. The van der Waals surface area contributed by atoms with E-state index in [2.05, 4.69) is 58.2 Å². The molecule has 0 aromatic carbocycles. The van der Waals surface area contributed by atoms with E-state index in [0.717, 1.165) is 39.4 Å². The molecule has 188 valence electrons. The first-order chi connectivity index (χ1) is 14.9. The van der Waals surface area contributed by atoms with Crippen molar-refractivity contribution in [3.05, 3.63) is 0 Å². The first-order valence-electron chi connectivity index (χ1n) is 11.7. The number of piperazine rings is 1. The molecule has 0 saturated carbocycles. The number of morpholine rings is 1. The number of nitrogens with one attached hydrogen (secondary N) is 2. The van der Waals surface area contributed by atoms with Crippen LogP contribution >= 0.6 is 11.8 Å². The third kappa shape index (κ3) is 20.4. The van der Waals surface area contributed by atoms with Crippen molar-refractivity contribution in [2.24, 2.45) is 0 Å². The van der Waals surface area contributed by atoms with Crippen LogP contribution in [0, 0.1) is 0 Å². The molecule has 4 saturated heterocycles. The molecule has 10 heteroatoms. The lowest BCUT2D eigenvalue weighted by Crippen LogP contribution is -2.40. The SMILES string of the molecule is CC.CN1CCNCC1.CN1CCOCC1.CN1CCSCC1.O=S1(=O)CCNCC1. The lowest BCUT2D eigenvalue weighted by molar-refractivity contribution is 0.0503. The van der Waals surface area contributed by atoms with Gasteiger partial charge in [0.1, 0.15) is 0 Å². The predicted octanol–water partition coefficient (Wildman–Crippen LogP) is 0.165. The quantitative estimate of drug-likeness (QED) is 0.501. The van der Waals surface area contributed by atoms with E-state index in [1.807, 2.05) is 13.8 Å². The molecule has 4 aliphatic rings. The van der Waals surface area contributed by atoms with Gasteiger partial charge in [-0.05, 0) is 21.1 Å². The van der Waals surface area contributed by atoms with Crippen molar-refractivity contribution in [2.75, 3.05) is 123 Å². The van der Waals surface area contributed by atoms with Crippen LogP contribution in [0.15, 0.2) is 0 Å². The molecule has 8 nitrogen and oxygen atoms in total. The second kappa shape index (κ2) is 20.7. The molecule has 31 heavy (non-hydrogen) atoms. The third-order valence-electron chi connectivity index (χ3n) is 4.99. The Balaban J connectivity index is 0.000000377. The number of likely N-dealkylation sites (N-methyl/N-ethyl adjacent to an activating group) is 2. The van der Waals surface area contributed by atoms with Gasteiger partial charge in [-0.3, -0.25) is 0 Å². The van der Waals surface area contributed by atoms with Crippen LogP contribution in [0.25, 0.3) is 0 Å². The van der Waals surface area contributed by atoms with Crippen LogP contribution in [-0.2, 0) is 14.6 Å². The number of thioether (sulfide) groups is 1. The van der Waals surface area contributed by atoms with Gasteiger partial charge in [0.25, 0.3) is 0 Å². The number of sulfone groups is 1. The molecule has 0 spiro atoms. The van der Waals surface area contributed by atoms with E-state index in [4.69, 9.17) is 4.74 Å². The molecule has 2 N–H and O–H groups in total. The molecule has 0 bridgehead atoms. The number of rotatable bonds is 0. The van der Waals surface area contributed by atoms with Crippen LogP contribution in [0.1, 0.15) is 13.8 Å². The summed E-state index contributed by atoms with van der Waals surface area (Å²) in [6.45, 7) is 16.6. The summed E-state index contributed by atoms with van der Waals surface area (Å²) >= 11 is 2.06. The molecular formula is C21H49N5O3S2. The van der Waals surface area contributed by atoms with E-state index < -0.39 is 9.84 Å². The molecule has 0 aromatic heterocycles. The first-order valence-corrected chi connectivity index (χ1v) is 14.7. The largest absolute Gasteiger partial charge is 0.379 e. The zero-order valence-corrected chi connectivity index (χ0v) is 22.3. The lowest BCUT2D eigenvalue weighted by atomic mass is 10.4. The van der Waals surface area contributed by atoms with Crippen molar-refractivity contribution in [2.45, 2.75) is 13.8 Å². The molecule has 4 fully saturated rings. The van der Waals surface area contributed by atoms with Crippen LogP contribution in [0.5, 0.6) is 0 Å². The fourth-order valence-electron chi connectivity index (χ4n) is 2.77. The van der Waals surface area contributed by atoms with Crippen molar-refractivity contribution >= 4 is 21.6 Å². The molecule has 0 amide bonds. The molecule has 0 aliphatic carbocycles. The first kappa shape index (κ1) is 31.1. The summed E-state index contributed by atoms with van der Waals surface area (Å²) in [5.41, 5.74) is 0. The number of ether oxygens (including phenoxy) is 1. The monoisotopic (exact) mass is 483 g/mol. The van der Waals surface area contributed by atoms with Crippen LogP contribution < -0.4 is 10.6 Å². The number of hydrogen-bond acceptors (Lipinski definition) is 9. The Morgan fingerprint density at radius 1 is 0.677 bits per heavy atom. The minimum atomic E-state index is -2.65. The van der Waals surface area contributed by atoms with Crippen molar-refractivity contribution in [3.63, 3.8) is 0 Å². The second-order valence-corrected chi connectivity index (χ2v) is 11.3. The fraction of sp³-hybridized carbons (Fsp3) is 1.00. The van der Waals surface area contributed by atoms with Gasteiger partial charge in [-0.1, -0.05) is 13.8 Å². The normalized spacial score (nSPS) is 24.4. The van der Waals surface area contributed by atoms with E-state index >= 15 is 0 Å². The Bertz CT molecular complexity index is 429. The average molecular weight is 484 g/mol. The van der Waals surface area contributed by atoms with Gasteiger partial charge < -0.3 is 30.1 Å². The van der Waals surface area contributed by atoms with Gasteiger partial charge in [-0.25, -0.2) is 8.42 Å². The Hall–Kier alpha value is 0.0600. The van der Waals surface area contributed by atoms with Crippen molar-refractivity contribution < 1.29 is 13.2 Å². The zero-order chi connectivity index (χ0) is 23.4. The third-order valence-corrected chi connectivity index (χ3v) is 7.58. The van der Waals surface area contributed by atoms with Gasteiger partial charge in [-0.2, -0.15) is 11.8 Å². The summed E-state index contributed by atoms with van der Waals surface area (Å²) in [6.07, 6.45) is 0. The van der Waals surface area contributed by atoms with Gasteiger partial charge in [0.2, 0.25) is 0 Å². The Labute approximate surface area is 196 Å². The molecule has 4 aliphatic heterocycles. The fourth-order valence-corrected chi connectivity index (χ4v) is 4.97. The highest BCUT2D eigenvalue weighted by molar-refractivity contribution is 7.99. The summed E-state index contributed by atoms with van der Waals surface area (Å²) < 4.78 is 26.3. The zero-order valence-electron chi connectivity index (χ0n) is 20.7. The second-order valence-electron chi connectivity index (χ2n) is 7.79. The number of hydrogen-bond donors (Lipinski definition) is 2. The Morgan fingerprint density at radius 3 is 1.35 bits per heavy atom. The van der Waals surface area contributed by atoms with Crippen molar-refractivity contribution in [1.82, 2.24) is 25.3 Å². The van der Waals surface area contributed by atoms with Gasteiger partial charge in [0.15, 0.2) is 9.84 Å². The molecule has 0 unspecified atom stereocenters. The van der Waals surface area contributed by atoms with E-state index in [1.54, 1.807) is 0 Å². The topological polar surface area (TPSA) is 77.2 Å². The molecule has 4 rings (SSSR count). The van der Waals surface area contributed by atoms with E-state index in [1.165, 1.54) is 37.7 Å². The minimum Gasteiger partial charge on any atom is -0.379 e. The minimum absolute atomic E-state index is 0.312. The Morgan fingerprint density at radius 2 is 1.10 bits per heavy atom.